The van der Waals surface area contributed by atoms with Crippen LogP contribution in [0.15, 0.2) is 0 Å². The molecule has 0 radical (unpaired) electrons. The van der Waals surface area contributed by atoms with E-state index in [9.17, 15) is 0 Å². The molecule has 0 bridgehead atoms. The van der Waals surface area contributed by atoms with Crippen LogP contribution in [0.4, 0.5) is 0 Å². The summed E-state index contributed by atoms with van der Waals surface area (Å²) >= 11 is 2.69. The normalized spacial score (nSPS) is 10.3. The number of ether oxygens (including phenoxy) is 2. The molecule has 0 atom stereocenters. The first-order valence-electron chi connectivity index (χ1n) is 1.68. The maximum atomic E-state index is 4.56. The van der Waals surface area contributed by atoms with E-state index in [1.165, 1.54) is 14.2 Å². The van der Waals surface area contributed by atoms with E-state index in [2.05, 4.69) is 29.6 Å². The Kier molecular flexibility index (Phi) is 4.75. The van der Waals surface area contributed by atoms with Crippen LogP contribution < -0.4 is 0 Å². The van der Waals surface area contributed by atoms with Crippen LogP contribution in [0.25, 0.3) is 0 Å². The highest BCUT2D eigenvalue weighted by Crippen LogP contribution is 1.96. The van der Waals surface area contributed by atoms with E-state index in [4.69, 9.17) is 0 Å². The molecule has 0 aliphatic rings. The second-order valence-corrected chi connectivity index (χ2v) is 1.22. The van der Waals surface area contributed by atoms with E-state index in [0.29, 0.717) is 0 Å². The Balaban J connectivity index is 2.99. The number of hydrogen-bond acceptors (Lipinski definition) is 3. The van der Waals surface area contributed by atoms with Gasteiger partial charge in [-0.25, -0.2) is 0 Å². The lowest BCUT2D eigenvalue weighted by molar-refractivity contribution is -0.207. The molecule has 0 saturated carbocycles. The summed E-state index contributed by atoms with van der Waals surface area (Å²) in [6, 6.07) is 0. The van der Waals surface area contributed by atoms with Crippen molar-refractivity contribution < 1.29 is 13.3 Å². The van der Waals surface area contributed by atoms with E-state index < -0.39 is 6.48 Å². The van der Waals surface area contributed by atoms with Crippen LogP contribution in [0.2, 0.25) is 0 Å². The largest absolute Gasteiger partial charge is 0.333 e. The molecule has 0 spiro atoms. The average molecular weight is 171 g/mol. The number of halogens is 1. The zero-order chi connectivity index (χ0) is 5.70. The summed E-state index contributed by atoms with van der Waals surface area (Å²) in [5, 5.41) is 0. The summed E-state index contributed by atoms with van der Waals surface area (Å²) in [6.07, 6.45) is 0. The zero-order valence-electron chi connectivity index (χ0n) is 4.18. The number of rotatable bonds is 3. The Hall–Kier alpha value is 0.360. The van der Waals surface area contributed by atoms with Gasteiger partial charge in [-0.05, 0) is 0 Å². The summed E-state index contributed by atoms with van der Waals surface area (Å²) in [4.78, 5) is 0. The first-order valence-corrected chi connectivity index (χ1v) is 2.33. The third kappa shape index (κ3) is 2.99. The van der Waals surface area contributed by atoms with Gasteiger partial charge in [-0.15, -0.1) is 0 Å². The summed E-state index contributed by atoms with van der Waals surface area (Å²) in [5.74, 6) is 0. The minimum absolute atomic E-state index is 0.597. The lowest BCUT2D eigenvalue weighted by atomic mass is 11.2. The Morgan fingerprint density at radius 3 is 1.71 bits per heavy atom. The van der Waals surface area contributed by atoms with Crippen molar-refractivity contribution in [2.45, 2.75) is 6.48 Å². The monoisotopic (exact) mass is 170 g/mol. The van der Waals surface area contributed by atoms with E-state index >= 15 is 0 Å². The Morgan fingerprint density at radius 2 is 1.71 bits per heavy atom. The summed E-state index contributed by atoms with van der Waals surface area (Å²) in [7, 11) is 2.96. The molecule has 0 rings (SSSR count). The van der Waals surface area contributed by atoms with Gasteiger partial charge in [0.25, 0.3) is 6.48 Å². The highest BCUT2D eigenvalue weighted by Gasteiger charge is 1.98. The van der Waals surface area contributed by atoms with Crippen LogP contribution in [0, 0.1) is 0 Å². The molecule has 0 unspecified atom stereocenters. The third-order valence-electron chi connectivity index (χ3n) is 0.458. The van der Waals surface area contributed by atoms with Crippen LogP contribution in [0.3, 0.4) is 0 Å². The molecule has 0 amide bonds. The van der Waals surface area contributed by atoms with Gasteiger partial charge in [-0.2, -0.15) is 0 Å². The standard InChI is InChI=1S/C3H7BrO3/c1-5-3(6-2)7-4/h3H,1-2H3. The number of methoxy groups -OCH3 is 2. The number of hydrogen-bond donors (Lipinski definition) is 0. The maximum absolute atomic E-state index is 4.56. The average Bonchev–Trinajstić information content (AvgIpc) is 1.72. The second-order valence-electron chi connectivity index (χ2n) is 0.849. The van der Waals surface area contributed by atoms with Crippen molar-refractivity contribution in [3.63, 3.8) is 0 Å². The lowest BCUT2D eigenvalue weighted by Crippen LogP contribution is -2.11. The summed E-state index contributed by atoms with van der Waals surface area (Å²) < 4.78 is 13.5. The summed E-state index contributed by atoms with van der Waals surface area (Å²) in [6.45, 7) is -0.597. The van der Waals surface area contributed by atoms with Crippen molar-refractivity contribution >= 4 is 16.3 Å². The molecule has 0 saturated heterocycles. The fourth-order valence-corrected chi connectivity index (χ4v) is 0.474. The molecule has 7 heavy (non-hydrogen) atoms. The van der Waals surface area contributed by atoms with Crippen LogP contribution in [0.5, 0.6) is 0 Å². The molecule has 0 fully saturated rings. The molecule has 4 heteroatoms. The van der Waals surface area contributed by atoms with Crippen molar-refractivity contribution in [1.29, 1.82) is 0 Å². The van der Waals surface area contributed by atoms with Crippen LogP contribution in [-0.4, -0.2) is 20.7 Å². The molecule has 44 valence electrons. The van der Waals surface area contributed by atoms with Crippen molar-refractivity contribution in [2.24, 2.45) is 0 Å². The van der Waals surface area contributed by atoms with E-state index in [1.54, 1.807) is 0 Å². The molecular formula is C3H7BrO3. The predicted molar refractivity (Wildman–Crippen MR) is 27.8 cm³/mol. The fraction of sp³-hybridized carbons (Fsp3) is 1.00. The smallest absolute Gasteiger partial charge is 0.282 e. The Labute approximate surface area is 51.0 Å². The predicted octanol–water partition coefficient (Wildman–Crippen LogP) is 0.889. The first kappa shape index (κ1) is 7.36. The van der Waals surface area contributed by atoms with Crippen molar-refractivity contribution in [1.82, 2.24) is 0 Å². The summed E-state index contributed by atoms with van der Waals surface area (Å²) in [5.41, 5.74) is 0. The molecule has 0 N–H and O–H groups in total. The minimum atomic E-state index is -0.597. The molecule has 3 nitrogen and oxygen atoms in total. The fourth-order valence-electron chi connectivity index (χ4n) is 0.169. The van der Waals surface area contributed by atoms with Gasteiger partial charge in [-0.3, -0.25) is 3.83 Å². The highest BCUT2D eigenvalue weighted by atomic mass is 79.9. The molecule has 0 aliphatic heterocycles. The molecular weight excluding hydrogens is 164 g/mol. The minimum Gasteiger partial charge on any atom is -0.333 e. The van der Waals surface area contributed by atoms with Gasteiger partial charge in [0, 0.05) is 14.2 Å². The van der Waals surface area contributed by atoms with Crippen molar-refractivity contribution in [3.8, 4) is 0 Å². The molecule has 0 aromatic heterocycles. The molecule has 0 aromatic carbocycles. The van der Waals surface area contributed by atoms with Gasteiger partial charge in [-0.1, -0.05) is 0 Å². The van der Waals surface area contributed by atoms with Gasteiger partial charge >= 0.3 is 0 Å². The van der Waals surface area contributed by atoms with E-state index in [1.807, 2.05) is 0 Å². The van der Waals surface area contributed by atoms with Crippen molar-refractivity contribution in [2.75, 3.05) is 14.2 Å². The first-order chi connectivity index (χ1) is 3.35. The maximum Gasteiger partial charge on any atom is 0.282 e. The van der Waals surface area contributed by atoms with Gasteiger partial charge in [0.2, 0.25) is 0 Å². The third-order valence-corrected chi connectivity index (χ3v) is 0.763. The van der Waals surface area contributed by atoms with Gasteiger partial charge < -0.3 is 9.47 Å². The van der Waals surface area contributed by atoms with Gasteiger partial charge in [0.05, 0.1) is 0 Å². The van der Waals surface area contributed by atoms with Crippen LogP contribution in [-0.2, 0) is 13.3 Å². The van der Waals surface area contributed by atoms with Crippen LogP contribution in [0.1, 0.15) is 0 Å². The van der Waals surface area contributed by atoms with E-state index in [0.717, 1.165) is 0 Å². The van der Waals surface area contributed by atoms with Gasteiger partial charge in [0.15, 0.2) is 0 Å². The highest BCUT2D eigenvalue weighted by molar-refractivity contribution is 9.06. The topological polar surface area (TPSA) is 27.7 Å². The van der Waals surface area contributed by atoms with Crippen LogP contribution >= 0.6 is 16.3 Å². The molecule has 0 aromatic rings. The van der Waals surface area contributed by atoms with Crippen molar-refractivity contribution in [3.05, 3.63) is 0 Å². The SMILES string of the molecule is COC(OC)OBr. The molecule has 0 heterocycles. The lowest BCUT2D eigenvalue weighted by Gasteiger charge is -2.06. The quantitative estimate of drug-likeness (QED) is 0.590. The Morgan fingerprint density at radius 1 is 1.29 bits per heavy atom. The van der Waals surface area contributed by atoms with E-state index in [-0.39, 0.29) is 0 Å². The zero-order valence-corrected chi connectivity index (χ0v) is 5.77. The second kappa shape index (κ2) is 4.52. The molecule has 0 aliphatic carbocycles. The van der Waals surface area contributed by atoms with Gasteiger partial charge in [0.1, 0.15) is 16.3 Å². The Bertz CT molecular complexity index is 31.7.